The third-order valence-corrected chi connectivity index (χ3v) is 8.69. The number of carbonyl (C=O) groups excluding carboxylic acids is 2. The first-order valence-corrected chi connectivity index (χ1v) is 14.8. The van der Waals surface area contributed by atoms with Crippen LogP contribution in [-0.2, 0) is 43.5 Å². The molecule has 0 aromatic rings. The van der Waals surface area contributed by atoms with Crippen molar-refractivity contribution in [2.24, 2.45) is 5.73 Å². The van der Waals surface area contributed by atoms with Crippen molar-refractivity contribution in [1.29, 1.82) is 0 Å². The number of methoxy groups -OCH3 is 1. The Hall–Kier alpha value is -2.67. The number of amides is 1. The van der Waals surface area contributed by atoms with Gasteiger partial charge in [0.15, 0.2) is 9.84 Å². The normalized spacial score (nSPS) is 20.8. The van der Waals surface area contributed by atoms with Crippen molar-refractivity contribution in [2.45, 2.75) is 69.3 Å². The summed E-state index contributed by atoms with van der Waals surface area (Å²) in [4.78, 5) is 43.2. The maximum absolute atomic E-state index is 11.9. The number of nitrogens with two attached hydrogens (primary N) is 1. The van der Waals surface area contributed by atoms with Crippen molar-refractivity contribution in [3.63, 3.8) is 0 Å². The van der Waals surface area contributed by atoms with Crippen LogP contribution in [0.25, 0.3) is 0 Å². The molecule has 14 nitrogen and oxygen atoms in total. The molecule has 19 heteroatoms. The Morgan fingerprint density at radius 1 is 0.846 bits per heavy atom. The van der Waals surface area contributed by atoms with Gasteiger partial charge in [-0.05, 0) is 46.5 Å². The van der Waals surface area contributed by atoms with E-state index in [4.69, 9.17) is 25.5 Å². The number of hydrogen-bond donors (Lipinski definition) is 4. The summed E-state index contributed by atoms with van der Waals surface area (Å²) >= 11 is 0. The Bertz CT molecular complexity index is 1100. The zero-order valence-corrected chi connectivity index (χ0v) is 23.3. The zero-order valence-electron chi connectivity index (χ0n) is 21.7. The highest BCUT2D eigenvalue weighted by atomic mass is 32.2. The van der Waals surface area contributed by atoms with Crippen molar-refractivity contribution < 1.29 is 68.9 Å². The number of alkyl halides is 3. The predicted octanol–water partition coefficient (Wildman–Crippen LogP) is 0.242. The Morgan fingerprint density at radius 3 is 1.49 bits per heavy atom. The molecule has 1 amide bonds. The van der Waals surface area contributed by atoms with Crippen LogP contribution in [-0.4, -0.2) is 104 Å². The van der Waals surface area contributed by atoms with E-state index < -0.39 is 66.5 Å². The lowest BCUT2D eigenvalue weighted by Crippen LogP contribution is -2.59. The first kappa shape index (κ1) is 36.3. The second-order valence-electron chi connectivity index (χ2n) is 9.77. The quantitative estimate of drug-likeness (QED) is 0.312. The number of ether oxygens (including phenoxy) is 2. The fourth-order valence-corrected chi connectivity index (χ4v) is 6.15. The summed E-state index contributed by atoms with van der Waals surface area (Å²) in [7, 11) is -5.00. The number of aliphatic carboxylic acids is 2. The van der Waals surface area contributed by atoms with E-state index in [9.17, 15) is 44.4 Å². The number of halogens is 3. The number of nitrogens with one attached hydrogen (secondary N) is 1. The minimum absolute atomic E-state index is 0.0126. The van der Waals surface area contributed by atoms with Gasteiger partial charge in [-0.2, -0.15) is 13.2 Å². The van der Waals surface area contributed by atoms with E-state index in [0.717, 1.165) is 0 Å². The topological polar surface area (TPSA) is 234 Å². The van der Waals surface area contributed by atoms with Gasteiger partial charge in [-0.1, -0.05) is 0 Å². The number of carbonyl (C=O) groups is 4. The highest BCUT2D eigenvalue weighted by Crippen LogP contribution is 2.26. The second-order valence-corrected chi connectivity index (χ2v) is 14.4. The summed E-state index contributed by atoms with van der Waals surface area (Å²) in [6.07, 6.45) is -5.83. The number of alkyl carbamates (subject to hydrolysis) is 1. The van der Waals surface area contributed by atoms with Crippen molar-refractivity contribution >= 4 is 43.7 Å². The van der Waals surface area contributed by atoms with E-state index in [1.807, 2.05) is 0 Å². The van der Waals surface area contributed by atoms with Gasteiger partial charge in [-0.15, -0.1) is 0 Å². The average molecular weight is 615 g/mol. The first-order chi connectivity index (χ1) is 17.3. The van der Waals surface area contributed by atoms with Crippen molar-refractivity contribution in [3.05, 3.63) is 0 Å². The van der Waals surface area contributed by atoms with E-state index in [1.54, 1.807) is 20.8 Å². The molecule has 228 valence electrons. The van der Waals surface area contributed by atoms with E-state index in [0.29, 0.717) is 0 Å². The van der Waals surface area contributed by atoms with E-state index in [2.05, 4.69) is 10.1 Å². The van der Waals surface area contributed by atoms with Crippen LogP contribution in [0, 0.1) is 0 Å². The van der Waals surface area contributed by atoms with Gasteiger partial charge in [-0.25, -0.2) is 31.2 Å². The molecule has 2 fully saturated rings. The van der Waals surface area contributed by atoms with Crippen molar-refractivity contribution in [2.75, 3.05) is 30.1 Å². The number of hydrogen-bond acceptors (Lipinski definition) is 11. The third-order valence-electron chi connectivity index (χ3n) is 5.38. The van der Waals surface area contributed by atoms with Gasteiger partial charge in [0.2, 0.25) is 0 Å². The molecule has 2 aliphatic rings. The summed E-state index contributed by atoms with van der Waals surface area (Å²) in [6, 6.07) is 0. The lowest BCUT2D eigenvalue weighted by atomic mass is 9.92. The van der Waals surface area contributed by atoms with Crippen LogP contribution in [0.15, 0.2) is 0 Å². The Labute approximate surface area is 223 Å². The summed E-state index contributed by atoms with van der Waals surface area (Å²) in [5.41, 5.74) is 2.09. The van der Waals surface area contributed by atoms with E-state index >= 15 is 0 Å². The molecule has 0 aromatic heterocycles. The number of carboxylic acids is 2. The molecule has 2 aliphatic heterocycles. The monoisotopic (exact) mass is 614 g/mol. The van der Waals surface area contributed by atoms with Gasteiger partial charge in [-0.3, -0.25) is 4.79 Å². The van der Waals surface area contributed by atoms with Crippen LogP contribution in [0.1, 0.15) is 46.5 Å². The van der Waals surface area contributed by atoms with E-state index in [1.165, 1.54) is 7.11 Å². The van der Waals surface area contributed by atoms with Crippen LogP contribution < -0.4 is 11.1 Å². The lowest BCUT2D eigenvalue weighted by molar-refractivity contribution is -0.192. The van der Waals surface area contributed by atoms with Gasteiger partial charge in [0.1, 0.15) is 26.5 Å². The molecule has 0 spiro atoms. The molecule has 0 aromatic carbocycles. The van der Waals surface area contributed by atoms with Gasteiger partial charge < -0.3 is 30.7 Å². The molecule has 2 rings (SSSR count). The maximum atomic E-state index is 11.9. The molecule has 0 bridgehead atoms. The van der Waals surface area contributed by atoms with Gasteiger partial charge in [0.25, 0.3) is 0 Å². The summed E-state index contributed by atoms with van der Waals surface area (Å²) < 4.78 is 86.3. The molecule has 0 aliphatic carbocycles. The second kappa shape index (κ2) is 13.1. The van der Waals surface area contributed by atoms with Gasteiger partial charge >= 0.3 is 30.2 Å². The number of sulfone groups is 2. The minimum Gasteiger partial charge on any atom is -0.480 e. The fourth-order valence-electron chi connectivity index (χ4n) is 3.08. The van der Waals surface area contributed by atoms with E-state index in [-0.39, 0.29) is 48.7 Å². The number of rotatable bonds is 3. The SMILES string of the molecule is COC(=O)C1(NC(=O)OC(C)(C)C)CCS(=O)(=O)CC1.NC1(C(=O)O)CCS(=O)(=O)CC1.O=C(O)C(F)(F)F. The Balaban J connectivity index is 0.000000640. The van der Waals surface area contributed by atoms with Crippen LogP contribution in [0.4, 0.5) is 18.0 Å². The van der Waals surface area contributed by atoms with Crippen LogP contribution >= 0.6 is 0 Å². The Morgan fingerprint density at radius 2 is 1.21 bits per heavy atom. The smallest absolute Gasteiger partial charge is 0.480 e. The largest absolute Gasteiger partial charge is 0.490 e. The van der Waals surface area contributed by atoms with Crippen LogP contribution in [0.5, 0.6) is 0 Å². The van der Waals surface area contributed by atoms with Gasteiger partial charge in [0.05, 0.1) is 30.1 Å². The molecule has 2 saturated heterocycles. The standard InChI is InChI=1S/C12H21NO6S.C6H11NO4S.C2HF3O2/c1-11(2,3)19-10(15)13-12(9(14)18-4)5-7-20(16,17)8-6-12;7-6(5(8)9)1-3-12(10,11)4-2-6;3-2(4,5)1(6)7/h5-8H2,1-4H3,(H,13,15);1-4,7H2,(H,8,9);(H,6,7). The highest BCUT2D eigenvalue weighted by Gasteiger charge is 2.46. The molecule has 39 heavy (non-hydrogen) atoms. The Kier molecular flexibility index (Phi) is 12.2. The highest BCUT2D eigenvalue weighted by molar-refractivity contribution is 7.91. The fraction of sp³-hybridized carbons (Fsp3) is 0.800. The maximum Gasteiger partial charge on any atom is 0.490 e. The van der Waals surface area contributed by atoms with Crippen LogP contribution in [0.3, 0.4) is 0 Å². The van der Waals surface area contributed by atoms with Gasteiger partial charge in [0, 0.05) is 0 Å². The van der Waals surface area contributed by atoms with Crippen LogP contribution in [0.2, 0.25) is 0 Å². The summed E-state index contributed by atoms with van der Waals surface area (Å²) in [5.74, 6) is -5.09. The molecular formula is C20H33F3N2O12S2. The molecule has 0 radical (unpaired) electrons. The molecule has 2 heterocycles. The minimum atomic E-state index is -5.08. The summed E-state index contributed by atoms with van der Waals surface area (Å²) in [6.45, 7) is 5.09. The number of esters is 1. The molecule has 0 atom stereocenters. The average Bonchev–Trinajstić information content (AvgIpc) is 2.76. The molecule has 0 unspecified atom stereocenters. The van der Waals surface area contributed by atoms with Crippen molar-refractivity contribution in [3.8, 4) is 0 Å². The molecule has 0 saturated carbocycles. The summed E-state index contributed by atoms with van der Waals surface area (Å²) in [5, 5.41) is 18.3. The van der Waals surface area contributed by atoms with Crippen molar-refractivity contribution in [1.82, 2.24) is 5.32 Å². The third kappa shape index (κ3) is 12.8. The lowest BCUT2D eigenvalue weighted by Gasteiger charge is -2.35. The first-order valence-electron chi connectivity index (χ1n) is 11.1. The number of carboxylic acid groups (broad SMARTS) is 2. The predicted molar refractivity (Wildman–Crippen MR) is 128 cm³/mol. The molecular weight excluding hydrogens is 581 g/mol. The zero-order chi connectivity index (χ0) is 31.1. The molecule has 5 N–H and O–H groups in total.